The number of rotatable bonds is 8. The lowest BCUT2D eigenvalue weighted by Crippen LogP contribution is -2.41. The number of aryl methyl sites for hydroxylation is 1. The van der Waals surface area contributed by atoms with Crippen LogP contribution < -0.4 is 5.32 Å². The van der Waals surface area contributed by atoms with Gasteiger partial charge in [-0.05, 0) is 49.7 Å². The molecule has 1 amide bonds. The monoisotopic (exact) mass is 474 g/mol. The van der Waals surface area contributed by atoms with Gasteiger partial charge in [0.05, 0.1) is 17.5 Å². The minimum absolute atomic E-state index is 0.0398. The predicted molar refractivity (Wildman–Crippen MR) is 123 cm³/mol. The van der Waals surface area contributed by atoms with Crippen LogP contribution in [-0.4, -0.2) is 25.2 Å². The Morgan fingerprint density at radius 3 is 2.28 bits per heavy atom. The molecule has 0 fully saturated rings. The molecule has 1 N–H and O–H groups in total. The molecule has 3 rings (SSSR count). The van der Waals surface area contributed by atoms with Gasteiger partial charge in [0, 0.05) is 17.1 Å². The van der Waals surface area contributed by atoms with Crippen molar-refractivity contribution in [3.05, 3.63) is 100 Å². The van der Waals surface area contributed by atoms with Crippen molar-refractivity contribution in [2.45, 2.75) is 31.3 Å². The number of nitrogens with one attached hydrogen (secondary N) is 1. The number of benzene rings is 3. The number of carbonyl (C=O) groups is 1. The van der Waals surface area contributed by atoms with E-state index in [9.17, 15) is 17.6 Å². The Balaban J connectivity index is 1.84. The van der Waals surface area contributed by atoms with Crippen molar-refractivity contribution in [1.82, 2.24) is 9.62 Å². The van der Waals surface area contributed by atoms with Gasteiger partial charge in [0.1, 0.15) is 5.82 Å². The zero-order chi connectivity index (χ0) is 23.3. The van der Waals surface area contributed by atoms with Crippen LogP contribution in [0.1, 0.15) is 29.7 Å². The predicted octanol–water partition coefficient (Wildman–Crippen LogP) is 4.86. The first kappa shape index (κ1) is 23.9. The minimum atomic E-state index is -4.05. The number of nitrogens with zero attached hydrogens (tertiary/aromatic N) is 1. The van der Waals surface area contributed by atoms with E-state index >= 15 is 0 Å². The van der Waals surface area contributed by atoms with E-state index in [-0.39, 0.29) is 23.0 Å². The largest absolute Gasteiger partial charge is 0.348 e. The van der Waals surface area contributed by atoms with Gasteiger partial charge in [-0.15, -0.1) is 0 Å². The Morgan fingerprint density at radius 2 is 1.66 bits per heavy atom. The summed E-state index contributed by atoms with van der Waals surface area (Å²) in [6, 6.07) is 18.9. The molecule has 0 saturated heterocycles. The van der Waals surface area contributed by atoms with Crippen molar-refractivity contribution in [1.29, 1.82) is 0 Å². The average Bonchev–Trinajstić information content (AvgIpc) is 2.75. The van der Waals surface area contributed by atoms with E-state index in [1.54, 1.807) is 49.4 Å². The van der Waals surface area contributed by atoms with E-state index in [1.165, 1.54) is 30.3 Å². The summed E-state index contributed by atoms with van der Waals surface area (Å²) in [6.45, 7) is 2.91. The highest BCUT2D eigenvalue weighted by Gasteiger charge is 2.28. The molecule has 0 aliphatic heterocycles. The van der Waals surface area contributed by atoms with Gasteiger partial charge in [0.15, 0.2) is 0 Å². The molecule has 0 saturated carbocycles. The highest BCUT2D eigenvalue weighted by Crippen LogP contribution is 2.21. The number of hydrogen-bond donors (Lipinski definition) is 1. The molecule has 0 unspecified atom stereocenters. The van der Waals surface area contributed by atoms with Crippen LogP contribution in [0.4, 0.5) is 4.39 Å². The Hall–Kier alpha value is -2.74. The standard InChI is InChI=1S/C24H24ClFN2O3S/c1-17-7-13-22(14-8-17)32(30,31)28(15-20-5-3-4-6-23(20)26)16-24(29)27-18(2)19-9-11-21(25)12-10-19/h3-14,18H,15-16H2,1-2H3,(H,27,29)/t18-/m1/s1. The van der Waals surface area contributed by atoms with Crippen molar-refractivity contribution >= 4 is 27.5 Å². The van der Waals surface area contributed by atoms with E-state index in [0.29, 0.717) is 5.02 Å². The first-order valence-electron chi connectivity index (χ1n) is 10.0. The second-order valence-corrected chi connectivity index (χ2v) is 9.89. The second-order valence-electron chi connectivity index (χ2n) is 7.52. The minimum Gasteiger partial charge on any atom is -0.348 e. The SMILES string of the molecule is Cc1ccc(S(=O)(=O)N(CC(=O)N[C@H](C)c2ccc(Cl)cc2)Cc2ccccc2F)cc1. The van der Waals surface area contributed by atoms with E-state index in [4.69, 9.17) is 11.6 Å². The van der Waals surface area contributed by atoms with Crippen LogP contribution in [0, 0.1) is 12.7 Å². The highest BCUT2D eigenvalue weighted by molar-refractivity contribution is 7.89. The third kappa shape index (κ3) is 5.94. The van der Waals surface area contributed by atoms with Crippen molar-refractivity contribution in [3.63, 3.8) is 0 Å². The molecule has 0 aliphatic carbocycles. The van der Waals surface area contributed by atoms with Crippen molar-refractivity contribution < 1.29 is 17.6 Å². The lowest BCUT2D eigenvalue weighted by atomic mass is 10.1. The Labute approximate surface area is 192 Å². The van der Waals surface area contributed by atoms with Gasteiger partial charge in [-0.2, -0.15) is 4.31 Å². The number of sulfonamides is 1. The molecule has 5 nitrogen and oxygen atoms in total. The maximum absolute atomic E-state index is 14.3. The van der Waals surface area contributed by atoms with Crippen LogP contribution >= 0.6 is 11.6 Å². The average molecular weight is 475 g/mol. The maximum Gasteiger partial charge on any atom is 0.243 e. The van der Waals surface area contributed by atoms with Crippen LogP contribution in [0.2, 0.25) is 5.02 Å². The fraction of sp³-hybridized carbons (Fsp3) is 0.208. The topological polar surface area (TPSA) is 66.5 Å². The molecule has 0 spiro atoms. The first-order valence-corrected chi connectivity index (χ1v) is 11.8. The molecule has 168 valence electrons. The zero-order valence-electron chi connectivity index (χ0n) is 17.8. The van der Waals surface area contributed by atoms with E-state index in [1.807, 2.05) is 6.92 Å². The molecule has 0 bridgehead atoms. The fourth-order valence-corrected chi connectivity index (χ4v) is 4.68. The summed E-state index contributed by atoms with van der Waals surface area (Å²) in [5, 5.41) is 3.37. The van der Waals surface area contributed by atoms with Gasteiger partial charge in [0.25, 0.3) is 0 Å². The van der Waals surface area contributed by atoms with Gasteiger partial charge in [-0.1, -0.05) is 59.6 Å². The molecule has 1 atom stereocenters. The summed E-state index contributed by atoms with van der Waals surface area (Å²) in [6.07, 6.45) is 0. The zero-order valence-corrected chi connectivity index (χ0v) is 19.3. The Morgan fingerprint density at radius 1 is 1.03 bits per heavy atom. The molecular weight excluding hydrogens is 451 g/mol. The Bertz CT molecular complexity index is 1180. The molecule has 3 aromatic rings. The number of carbonyl (C=O) groups excluding carboxylic acids is 1. The van der Waals surface area contributed by atoms with Crippen LogP contribution in [0.3, 0.4) is 0 Å². The van der Waals surface area contributed by atoms with Crippen molar-refractivity contribution in [2.75, 3.05) is 6.54 Å². The third-order valence-electron chi connectivity index (χ3n) is 5.03. The van der Waals surface area contributed by atoms with Gasteiger partial charge in [-0.3, -0.25) is 4.79 Å². The summed E-state index contributed by atoms with van der Waals surface area (Å²) in [5.41, 5.74) is 1.91. The summed E-state index contributed by atoms with van der Waals surface area (Å²) >= 11 is 5.91. The fourth-order valence-electron chi connectivity index (χ4n) is 3.18. The van der Waals surface area contributed by atoms with Crippen molar-refractivity contribution in [2.24, 2.45) is 0 Å². The van der Waals surface area contributed by atoms with Crippen LogP contribution in [0.15, 0.2) is 77.7 Å². The van der Waals surface area contributed by atoms with E-state index in [0.717, 1.165) is 15.4 Å². The lowest BCUT2D eigenvalue weighted by molar-refractivity contribution is -0.122. The lowest BCUT2D eigenvalue weighted by Gasteiger charge is -2.23. The normalized spacial score (nSPS) is 12.5. The van der Waals surface area contributed by atoms with Crippen LogP contribution in [-0.2, 0) is 21.4 Å². The highest BCUT2D eigenvalue weighted by atomic mass is 35.5. The quantitative estimate of drug-likeness (QED) is 0.507. The number of amides is 1. The summed E-state index contributed by atoms with van der Waals surface area (Å²) in [4.78, 5) is 12.8. The second kappa shape index (κ2) is 10.3. The number of hydrogen-bond acceptors (Lipinski definition) is 3. The molecule has 3 aromatic carbocycles. The summed E-state index contributed by atoms with van der Waals surface area (Å²) < 4.78 is 41.8. The molecule has 0 radical (unpaired) electrons. The third-order valence-corrected chi connectivity index (χ3v) is 7.09. The van der Waals surface area contributed by atoms with Gasteiger partial charge < -0.3 is 5.32 Å². The smallest absolute Gasteiger partial charge is 0.243 e. The van der Waals surface area contributed by atoms with Crippen LogP contribution in [0.5, 0.6) is 0 Å². The molecule has 8 heteroatoms. The maximum atomic E-state index is 14.3. The molecule has 0 heterocycles. The number of halogens is 2. The van der Waals surface area contributed by atoms with Crippen molar-refractivity contribution in [3.8, 4) is 0 Å². The molecule has 32 heavy (non-hydrogen) atoms. The summed E-state index contributed by atoms with van der Waals surface area (Å²) in [5.74, 6) is -1.04. The van der Waals surface area contributed by atoms with Gasteiger partial charge >= 0.3 is 0 Å². The molecular formula is C24H24ClFN2O3S. The molecule has 0 aromatic heterocycles. The first-order chi connectivity index (χ1) is 15.2. The van der Waals surface area contributed by atoms with E-state index in [2.05, 4.69) is 5.32 Å². The van der Waals surface area contributed by atoms with Crippen LogP contribution in [0.25, 0.3) is 0 Å². The van der Waals surface area contributed by atoms with Gasteiger partial charge in [-0.25, -0.2) is 12.8 Å². The molecule has 0 aliphatic rings. The summed E-state index contributed by atoms with van der Waals surface area (Å²) in [7, 11) is -4.05. The van der Waals surface area contributed by atoms with E-state index < -0.39 is 28.3 Å². The van der Waals surface area contributed by atoms with Gasteiger partial charge in [0.2, 0.25) is 15.9 Å². The Kier molecular flexibility index (Phi) is 7.66.